The van der Waals surface area contributed by atoms with Crippen LogP contribution in [0.1, 0.15) is 41.4 Å². The fraction of sp³-hybridized carbons (Fsp3) is 0.259. The van der Waals surface area contributed by atoms with Crippen LogP contribution >= 0.6 is 0 Å². The van der Waals surface area contributed by atoms with E-state index in [2.05, 4.69) is 15.8 Å². The van der Waals surface area contributed by atoms with Crippen LogP contribution in [0, 0.1) is 0 Å². The molecule has 0 bridgehead atoms. The normalized spacial score (nSPS) is 10.7. The molecular weight excluding hydrogens is 462 g/mol. The van der Waals surface area contributed by atoms with Gasteiger partial charge in [-0.3, -0.25) is 9.59 Å². The van der Waals surface area contributed by atoms with E-state index in [0.717, 1.165) is 17.7 Å². The van der Waals surface area contributed by atoms with Gasteiger partial charge < -0.3 is 19.2 Å². The standard InChI is InChI=1S/C27H29N3O6/c1-3-35-27(33)21-8-5-7-20(16-21)24-15-14-23(36-24)17-29-30-26(32)18-28-25(31)9-4-6-19-10-12-22(34-2)13-11-19/h5,7-8,10-17H,3-4,6,9,18H2,1-2H3,(H,28,31)(H,30,32)/b29-17-. The second-order valence-electron chi connectivity index (χ2n) is 7.77. The number of nitrogens with one attached hydrogen (secondary N) is 2. The summed E-state index contributed by atoms with van der Waals surface area (Å²) in [6.45, 7) is 1.87. The summed E-state index contributed by atoms with van der Waals surface area (Å²) >= 11 is 0. The number of nitrogens with zero attached hydrogens (tertiary/aromatic N) is 1. The van der Waals surface area contributed by atoms with Crippen LogP contribution in [0.25, 0.3) is 11.3 Å². The van der Waals surface area contributed by atoms with Crippen molar-refractivity contribution >= 4 is 24.0 Å². The van der Waals surface area contributed by atoms with Crippen molar-refractivity contribution in [2.24, 2.45) is 5.10 Å². The minimum Gasteiger partial charge on any atom is -0.497 e. The predicted molar refractivity (Wildman–Crippen MR) is 135 cm³/mol. The van der Waals surface area contributed by atoms with E-state index < -0.39 is 11.9 Å². The second kappa shape index (κ2) is 13.5. The van der Waals surface area contributed by atoms with Crippen molar-refractivity contribution in [2.75, 3.05) is 20.3 Å². The van der Waals surface area contributed by atoms with E-state index in [-0.39, 0.29) is 12.5 Å². The summed E-state index contributed by atoms with van der Waals surface area (Å²) < 4.78 is 15.9. The van der Waals surface area contributed by atoms with Gasteiger partial charge in [0.1, 0.15) is 17.3 Å². The molecule has 0 spiro atoms. The topological polar surface area (TPSA) is 119 Å². The van der Waals surface area contributed by atoms with E-state index in [1.807, 2.05) is 30.3 Å². The number of hydrazone groups is 1. The molecule has 0 fully saturated rings. The number of amides is 2. The Morgan fingerprint density at radius 2 is 1.83 bits per heavy atom. The average molecular weight is 492 g/mol. The molecule has 0 aliphatic heterocycles. The first-order chi connectivity index (χ1) is 17.5. The van der Waals surface area contributed by atoms with Gasteiger partial charge >= 0.3 is 5.97 Å². The minimum absolute atomic E-state index is 0.178. The quantitative estimate of drug-likeness (QED) is 0.226. The van der Waals surface area contributed by atoms with Gasteiger partial charge in [-0.15, -0.1) is 0 Å². The number of benzene rings is 2. The number of hydrogen-bond donors (Lipinski definition) is 2. The number of carbonyl (C=O) groups is 3. The maximum Gasteiger partial charge on any atom is 0.338 e. The third-order valence-corrected chi connectivity index (χ3v) is 5.14. The zero-order valence-corrected chi connectivity index (χ0v) is 20.3. The fourth-order valence-corrected chi connectivity index (χ4v) is 3.31. The summed E-state index contributed by atoms with van der Waals surface area (Å²) in [4.78, 5) is 35.8. The molecule has 1 aromatic heterocycles. The second-order valence-corrected chi connectivity index (χ2v) is 7.77. The lowest BCUT2D eigenvalue weighted by Gasteiger charge is -2.05. The van der Waals surface area contributed by atoms with Crippen molar-refractivity contribution in [3.63, 3.8) is 0 Å². The zero-order chi connectivity index (χ0) is 25.8. The molecule has 0 saturated heterocycles. The maximum atomic E-state index is 12.0. The Morgan fingerprint density at radius 3 is 2.58 bits per heavy atom. The van der Waals surface area contributed by atoms with Gasteiger partial charge in [-0.25, -0.2) is 10.2 Å². The van der Waals surface area contributed by atoms with Crippen LogP contribution in [0.15, 0.2) is 70.2 Å². The summed E-state index contributed by atoms with van der Waals surface area (Å²) in [5.74, 6) is 0.676. The van der Waals surface area contributed by atoms with Crippen LogP contribution in [-0.2, 0) is 20.7 Å². The van der Waals surface area contributed by atoms with Gasteiger partial charge in [-0.1, -0.05) is 24.3 Å². The lowest BCUT2D eigenvalue weighted by Crippen LogP contribution is -2.34. The molecule has 9 nitrogen and oxygen atoms in total. The SMILES string of the molecule is CCOC(=O)c1cccc(-c2ccc(/C=N\NC(=O)CNC(=O)CCCc3ccc(OC)cc3)o2)c1. The average Bonchev–Trinajstić information content (AvgIpc) is 3.37. The predicted octanol–water partition coefficient (Wildman–Crippen LogP) is 3.72. The van der Waals surface area contributed by atoms with Crippen LogP contribution in [0.3, 0.4) is 0 Å². The maximum absolute atomic E-state index is 12.0. The molecule has 2 amide bonds. The van der Waals surface area contributed by atoms with Crippen molar-refractivity contribution in [1.82, 2.24) is 10.7 Å². The molecule has 0 saturated carbocycles. The van der Waals surface area contributed by atoms with E-state index >= 15 is 0 Å². The lowest BCUT2D eigenvalue weighted by molar-refractivity contribution is -0.126. The van der Waals surface area contributed by atoms with Crippen molar-refractivity contribution in [3.05, 3.63) is 77.6 Å². The molecule has 0 atom stereocenters. The Hall–Kier alpha value is -4.40. The van der Waals surface area contributed by atoms with E-state index in [0.29, 0.717) is 42.1 Å². The Balaban J connectivity index is 1.39. The fourth-order valence-electron chi connectivity index (χ4n) is 3.31. The first-order valence-corrected chi connectivity index (χ1v) is 11.6. The summed E-state index contributed by atoms with van der Waals surface area (Å²) in [6.07, 6.45) is 3.09. The van der Waals surface area contributed by atoms with Crippen LogP contribution in [-0.4, -0.2) is 44.3 Å². The summed E-state index contributed by atoms with van der Waals surface area (Å²) in [7, 11) is 1.62. The smallest absolute Gasteiger partial charge is 0.338 e. The number of methoxy groups -OCH3 is 1. The minimum atomic E-state index is -0.455. The monoisotopic (exact) mass is 491 g/mol. The molecule has 0 aliphatic carbocycles. The number of hydrogen-bond acceptors (Lipinski definition) is 7. The molecule has 2 aromatic carbocycles. The van der Waals surface area contributed by atoms with Crippen molar-refractivity contribution in [3.8, 4) is 17.1 Å². The molecule has 1 heterocycles. The number of ether oxygens (including phenoxy) is 2. The Morgan fingerprint density at radius 1 is 1.03 bits per heavy atom. The van der Waals surface area contributed by atoms with E-state index in [9.17, 15) is 14.4 Å². The first kappa shape index (κ1) is 26.2. The molecule has 0 aliphatic rings. The highest BCUT2D eigenvalue weighted by Gasteiger charge is 2.10. The highest BCUT2D eigenvalue weighted by atomic mass is 16.5. The molecule has 2 N–H and O–H groups in total. The van der Waals surface area contributed by atoms with Gasteiger partial charge in [0.15, 0.2) is 0 Å². The van der Waals surface area contributed by atoms with E-state index in [4.69, 9.17) is 13.9 Å². The highest BCUT2D eigenvalue weighted by Crippen LogP contribution is 2.23. The number of aryl methyl sites for hydroxylation is 1. The summed E-state index contributed by atoms with van der Waals surface area (Å²) in [5.41, 5.74) is 4.60. The molecule has 36 heavy (non-hydrogen) atoms. The molecule has 188 valence electrons. The zero-order valence-electron chi connectivity index (χ0n) is 20.3. The highest BCUT2D eigenvalue weighted by molar-refractivity contribution is 5.91. The summed E-state index contributed by atoms with van der Waals surface area (Å²) in [6, 6.07) is 18.0. The number of esters is 1. The molecule has 3 aromatic rings. The molecular formula is C27H29N3O6. The van der Waals surface area contributed by atoms with Crippen LogP contribution < -0.4 is 15.5 Å². The van der Waals surface area contributed by atoms with Crippen LogP contribution in [0.5, 0.6) is 5.75 Å². The van der Waals surface area contributed by atoms with Gasteiger partial charge in [0.05, 0.1) is 32.0 Å². The summed E-state index contributed by atoms with van der Waals surface area (Å²) in [5, 5.41) is 6.44. The molecule has 0 unspecified atom stereocenters. The Bertz CT molecular complexity index is 1200. The number of rotatable bonds is 12. The third kappa shape index (κ3) is 8.12. The van der Waals surface area contributed by atoms with Crippen LogP contribution in [0.4, 0.5) is 0 Å². The van der Waals surface area contributed by atoms with Crippen LogP contribution in [0.2, 0.25) is 0 Å². The van der Waals surface area contributed by atoms with E-state index in [1.165, 1.54) is 6.21 Å². The first-order valence-electron chi connectivity index (χ1n) is 11.6. The van der Waals surface area contributed by atoms with Gasteiger partial charge in [-0.05, 0) is 61.7 Å². The van der Waals surface area contributed by atoms with Crippen molar-refractivity contribution < 1.29 is 28.3 Å². The number of carbonyl (C=O) groups excluding carboxylic acids is 3. The lowest BCUT2D eigenvalue weighted by atomic mass is 10.1. The van der Waals surface area contributed by atoms with Gasteiger partial charge in [0.25, 0.3) is 5.91 Å². The largest absolute Gasteiger partial charge is 0.497 e. The van der Waals surface area contributed by atoms with E-state index in [1.54, 1.807) is 44.4 Å². The van der Waals surface area contributed by atoms with Gasteiger partial charge in [0, 0.05) is 12.0 Å². The molecule has 3 rings (SSSR count). The van der Waals surface area contributed by atoms with Gasteiger partial charge in [-0.2, -0.15) is 5.10 Å². The molecule has 0 radical (unpaired) electrons. The molecule has 9 heteroatoms. The van der Waals surface area contributed by atoms with Gasteiger partial charge in [0.2, 0.25) is 5.91 Å². The Kier molecular flexibility index (Phi) is 9.81. The van der Waals surface area contributed by atoms with Crippen molar-refractivity contribution in [1.29, 1.82) is 0 Å². The number of furan rings is 1. The third-order valence-electron chi connectivity index (χ3n) is 5.14. The Labute approximate surface area is 209 Å². The van der Waals surface area contributed by atoms with Crippen molar-refractivity contribution in [2.45, 2.75) is 26.2 Å².